The van der Waals surface area contributed by atoms with Gasteiger partial charge in [-0.25, -0.2) is 4.99 Å². The summed E-state index contributed by atoms with van der Waals surface area (Å²) in [5.74, 6) is 0.843. The molecule has 0 saturated heterocycles. The first-order chi connectivity index (χ1) is 18.5. The maximum absolute atomic E-state index is 14.0. The summed E-state index contributed by atoms with van der Waals surface area (Å²) in [5, 5.41) is 12.7. The fourth-order valence-electron chi connectivity index (χ4n) is 4.57. The van der Waals surface area contributed by atoms with Crippen molar-refractivity contribution in [3.8, 4) is 5.75 Å². The molecule has 0 radical (unpaired) electrons. The van der Waals surface area contributed by atoms with E-state index in [0.717, 1.165) is 22.3 Å². The van der Waals surface area contributed by atoms with Crippen LogP contribution in [0.3, 0.4) is 0 Å². The average Bonchev–Trinajstić information content (AvgIpc) is 3.33. The Kier molecular flexibility index (Phi) is 8.63. The van der Waals surface area contributed by atoms with Crippen LogP contribution < -0.4 is 4.74 Å². The summed E-state index contributed by atoms with van der Waals surface area (Å²) in [5.41, 5.74) is 10.8. The van der Waals surface area contributed by atoms with Gasteiger partial charge in [0.2, 0.25) is 5.90 Å². The Labute approximate surface area is 222 Å². The van der Waals surface area contributed by atoms with Crippen LogP contribution in [0.2, 0.25) is 0 Å². The maximum atomic E-state index is 14.0. The van der Waals surface area contributed by atoms with Gasteiger partial charge >= 0.3 is 0 Å². The molecule has 0 aromatic heterocycles. The Morgan fingerprint density at radius 3 is 2.42 bits per heavy atom. The van der Waals surface area contributed by atoms with Crippen molar-refractivity contribution in [3.05, 3.63) is 112 Å². The average molecular weight is 514 g/mol. The number of likely N-dealkylation sites (N-methyl/N-ethyl adjacent to an activating group) is 1. The third-order valence-electron chi connectivity index (χ3n) is 6.40. The lowest BCUT2D eigenvalue weighted by molar-refractivity contribution is -0.137. The largest absolute Gasteiger partial charge is 0.494 e. The minimum atomic E-state index is -1.29. The minimum Gasteiger partial charge on any atom is -0.494 e. The Morgan fingerprint density at radius 1 is 1.08 bits per heavy atom. The van der Waals surface area contributed by atoms with Crippen LogP contribution in [0.5, 0.6) is 5.75 Å². The molecular formula is C29H31N5O4. The van der Waals surface area contributed by atoms with Crippen LogP contribution in [-0.2, 0) is 22.5 Å². The molecule has 9 heteroatoms. The molecule has 0 fully saturated rings. The van der Waals surface area contributed by atoms with Crippen LogP contribution in [0, 0.1) is 0 Å². The first-order valence-electron chi connectivity index (χ1n) is 12.4. The number of nitrogens with zero attached hydrogens (tertiary/aromatic N) is 5. The summed E-state index contributed by atoms with van der Waals surface area (Å²) in [6.07, 6.45) is 0.126. The number of azide groups is 1. The lowest BCUT2D eigenvalue weighted by atomic mass is 9.80. The van der Waals surface area contributed by atoms with Gasteiger partial charge in [-0.1, -0.05) is 59.7 Å². The molecule has 1 aliphatic rings. The molecule has 0 saturated carbocycles. The van der Waals surface area contributed by atoms with Crippen molar-refractivity contribution >= 4 is 11.8 Å². The van der Waals surface area contributed by atoms with E-state index in [1.807, 2.05) is 78.9 Å². The highest BCUT2D eigenvalue weighted by Crippen LogP contribution is 2.43. The van der Waals surface area contributed by atoms with E-state index in [4.69, 9.17) is 25.1 Å². The molecular weight excluding hydrogens is 482 g/mol. The first kappa shape index (κ1) is 26.7. The van der Waals surface area contributed by atoms with E-state index in [2.05, 4.69) is 10.0 Å². The summed E-state index contributed by atoms with van der Waals surface area (Å²) in [6, 6.07) is 24.6. The van der Waals surface area contributed by atoms with Crippen molar-refractivity contribution in [2.45, 2.75) is 31.0 Å². The van der Waals surface area contributed by atoms with E-state index in [-0.39, 0.29) is 25.5 Å². The van der Waals surface area contributed by atoms with Crippen molar-refractivity contribution in [3.63, 3.8) is 0 Å². The zero-order valence-electron chi connectivity index (χ0n) is 21.5. The Bertz CT molecular complexity index is 1320. The molecule has 3 aromatic rings. The van der Waals surface area contributed by atoms with Crippen LogP contribution >= 0.6 is 0 Å². The fraction of sp³-hybridized carbons (Fsp3) is 0.310. The van der Waals surface area contributed by atoms with Crippen LogP contribution in [0.15, 0.2) is 89.0 Å². The van der Waals surface area contributed by atoms with Gasteiger partial charge in [0.25, 0.3) is 5.91 Å². The van der Waals surface area contributed by atoms with Gasteiger partial charge in [-0.2, -0.15) is 0 Å². The zero-order chi connectivity index (χ0) is 27.0. The summed E-state index contributed by atoms with van der Waals surface area (Å²) in [4.78, 5) is 23.4. The number of hydrogen-bond donors (Lipinski definition) is 1. The normalized spacial score (nSPS) is 18.2. The summed E-state index contributed by atoms with van der Waals surface area (Å²) >= 11 is 0. The molecule has 0 spiro atoms. The van der Waals surface area contributed by atoms with Gasteiger partial charge in [0.05, 0.1) is 13.2 Å². The van der Waals surface area contributed by atoms with Crippen molar-refractivity contribution in [1.29, 1.82) is 0 Å². The number of carbonyl (C=O) groups excluding carboxylic acids is 1. The van der Waals surface area contributed by atoms with Crippen molar-refractivity contribution < 1.29 is 19.4 Å². The molecule has 196 valence electrons. The lowest BCUT2D eigenvalue weighted by Gasteiger charge is -2.33. The van der Waals surface area contributed by atoms with Gasteiger partial charge in [-0.05, 0) is 46.5 Å². The smallest absolute Gasteiger partial charge is 0.254 e. The summed E-state index contributed by atoms with van der Waals surface area (Å²) in [7, 11) is 3.42. The van der Waals surface area contributed by atoms with Crippen molar-refractivity contribution in [1.82, 2.24) is 4.90 Å². The topological polar surface area (TPSA) is 120 Å². The van der Waals surface area contributed by atoms with Gasteiger partial charge in [0, 0.05) is 44.0 Å². The van der Waals surface area contributed by atoms with Crippen molar-refractivity contribution in [2.75, 3.05) is 27.3 Å². The van der Waals surface area contributed by atoms with E-state index in [9.17, 15) is 4.79 Å². The van der Waals surface area contributed by atoms with Crippen LogP contribution in [0.25, 0.3) is 10.4 Å². The molecule has 1 amide bonds. The first-order valence-corrected chi connectivity index (χ1v) is 12.4. The van der Waals surface area contributed by atoms with E-state index in [1.165, 1.54) is 0 Å². The van der Waals surface area contributed by atoms with Gasteiger partial charge in [-0.15, -0.1) is 0 Å². The number of aliphatic imine (C=N–C) groups is 1. The van der Waals surface area contributed by atoms with Gasteiger partial charge in [-0.3, -0.25) is 4.79 Å². The second-order valence-electron chi connectivity index (χ2n) is 9.23. The highest BCUT2D eigenvalue weighted by atomic mass is 16.5. The molecule has 1 N–H and O–H groups in total. The summed E-state index contributed by atoms with van der Waals surface area (Å²) in [6.45, 7) is 0.654. The van der Waals surface area contributed by atoms with Gasteiger partial charge in [0.15, 0.2) is 11.6 Å². The minimum absolute atomic E-state index is 0.0670. The molecule has 0 unspecified atom stereocenters. The third-order valence-corrected chi connectivity index (χ3v) is 6.40. The van der Waals surface area contributed by atoms with Crippen LogP contribution in [0.1, 0.15) is 34.8 Å². The fourth-order valence-corrected chi connectivity index (χ4v) is 4.57. The highest BCUT2D eigenvalue weighted by Gasteiger charge is 2.54. The van der Waals surface area contributed by atoms with Crippen LogP contribution in [-0.4, -0.2) is 54.7 Å². The van der Waals surface area contributed by atoms with Gasteiger partial charge < -0.3 is 19.5 Å². The quantitative estimate of drug-likeness (QED) is 0.171. The number of hydrogen-bond acceptors (Lipinski definition) is 6. The molecule has 1 aliphatic heterocycles. The molecule has 1 heterocycles. The number of ether oxygens (including phenoxy) is 2. The molecule has 0 bridgehead atoms. The molecule has 38 heavy (non-hydrogen) atoms. The number of carbonyl (C=O) groups is 1. The Balaban J connectivity index is 1.80. The van der Waals surface area contributed by atoms with E-state index < -0.39 is 11.6 Å². The van der Waals surface area contributed by atoms with E-state index >= 15 is 0 Å². The molecule has 0 aliphatic carbocycles. The monoisotopic (exact) mass is 513 g/mol. The molecule has 3 aromatic carbocycles. The van der Waals surface area contributed by atoms with Crippen molar-refractivity contribution in [2.24, 2.45) is 10.1 Å². The molecule has 4 rings (SSSR count). The third kappa shape index (κ3) is 5.80. The SMILES string of the molecule is CN(C)C(=O)[C@@]1(Cc2ccccc2CN=[N+]=[N-])N=C(c2ccc(OCCCO)cc2)O[C@H]1c1ccccc1. The number of rotatable bonds is 11. The van der Waals surface area contributed by atoms with E-state index in [1.54, 1.807) is 19.0 Å². The van der Waals surface area contributed by atoms with Gasteiger partial charge in [0.1, 0.15) is 5.75 Å². The number of aliphatic hydroxyl groups is 1. The lowest BCUT2D eigenvalue weighted by Crippen LogP contribution is -2.49. The zero-order valence-corrected chi connectivity index (χ0v) is 21.5. The number of amides is 1. The Hall–Kier alpha value is -4.33. The maximum Gasteiger partial charge on any atom is 0.254 e. The highest BCUT2D eigenvalue weighted by molar-refractivity contribution is 6.01. The molecule has 2 atom stereocenters. The summed E-state index contributed by atoms with van der Waals surface area (Å²) < 4.78 is 12.2. The second-order valence-corrected chi connectivity index (χ2v) is 9.23. The number of benzene rings is 3. The predicted octanol–water partition coefficient (Wildman–Crippen LogP) is 4.85. The molecule has 9 nitrogen and oxygen atoms in total. The second kappa shape index (κ2) is 12.3. The Morgan fingerprint density at radius 2 is 1.76 bits per heavy atom. The number of aliphatic hydroxyl groups excluding tert-OH is 1. The van der Waals surface area contributed by atoms with E-state index in [0.29, 0.717) is 24.7 Å². The standard InChI is InChI=1S/C29H31N5O4/c1-34(2)28(36)29(19-23-11-6-7-12-24(23)20-31-33-30)26(21-9-4-3-5-10-21)38-27(32-29)22-13-15-25(16-14-22)37-18-8-17-35/h3-7,9-16,26,35H,8,17-20H2,1-2H3/t26-,29-/m0/s1. The van der Waals surface area contributed by atoms with Crippen LogP contribution in [0.4, 0.5) is 0 Å². The predicted molar refractivity (Wildman–Crippen MR) is 145 cm³/mol.